The van der Waals surface area contributed by atoms with Gasteiger partial charge in [-0.05, 0) is 31.0 Å². The lowest BCUT2D eigenvalue weighted by atomic mass is 10.0. The van der Waals surface area contributed by atoms with Gasteiger partial charge in [-0.2, -0.15) is 0 Å². The maximum Gasteiger partial charge on any atom is 0.151 e. The summed E-state index contributed by atoms with van der Waals surface area (Å²) >= 11 is 0. The Labute approximate surface area is 118 Å². The van der Waals surface area contributed by atoms with E-state index in [4.69, 9.17) is 11.5 Å². The quantitative estimate of drug-likeness (QED) is 0.637. The predicted molar refractivity (Wildman–Crippen MR) is 81.0 cm³/mol. The fourth-order valence-electron chi connectivity index (χ4n) is 2.10. The molecule has 0 saturated carbocycles. The molecule has 0 bridgehead atoms. The minimum atomic E-state index is -0.803. The molecule has 0 aliphatic heterocycles. The Hall–Kier alpha value is -2.11. The number of benzene rings is 1. The molecule has 1 atom stereocenters. The fourth-order valence-corrected chi connectivity index (χ4v) is 2.10. The van der Waals surface area contributed by atoms with E-state index in [2.05, 4.69) is 10.3 Å². The standard InChI is InChI=1S/C15H20N4O/c1-9-7-11(8-16)3-4-12(9)15(20)19-13-5-6-18-14(17)10(13)2/h3-7,15,20H,8,16H2,1-2H3,(H3,17,18,19). The van der Waals surface area contributed by atoms with Gasteiger partial charge in [-0.25, -0.2) is 4.98 Å². The second kappa shape index (κ2) is 5.90. The number of nitrogens with zero attached hydrogens (tertiary/aromatic N) is 1. The molecule has 1 aromatic heterocycles. The van der Waals surface area contributed by atoms with E-state index in [-0.39, 0.29) is 0 Å². The van der Waals surface area contributed by atoms with Crippen LogP contribution in [0.3, 0.4) is 0 Å². The maximum atomic E-state index is 10.3. The van der Waals surface area contributed by atoms with Crippen molar-refractivity contribution in [3.05, 3.63) is 52.7 Å². The number of aromatic nitrogens is 1. The third kappa shape index (κ3) is 2.89. The molecule has 5 nitrogen and oxygen atoms in total. The number of nitrogens with one attached hydrogen (secondary N) is 1. The summed E-state index contributed by atoms with van der Waals surface area (Å²) in [5, 5.41) is 13.4. The fraction of sp³-hybridized carbons (Fsp3) is 0.267. The Morgan fingerprint density at radius 1 is 1.30 bits per heavy atom. The second-order valence-electron chi connectivity index (χ2n) is 4.81. The summed E-state index contributed by atoms with van der Waals surface area (Å²) in [7, 11) is 0. The van der Waals surface area contributed by atoms with Gasteiger partial charge in [-0.3, -0.25) is 0 Å². The van der Waals surface area contributed by atoms with E-state index < -0.39 is 6.23 Å². The van der Waals surface area contributed by atoms with Crippen molar-refractivity contribution >= 4 is 11.5 Å². The molecule has 2 rings (SSSR count). The first-order valence-electron chi connectivity index (χ1n) is 6.48. The summed E-state index contributed by atoms with van der Waals surface area (Å²) in [5.41, 5.74) is 15.8. The maximum absolute atomic E-state index is 10.3. The zero-order valence-electron chi connectivity index (χ0n) is 11.7. The number of aryl methyl sites for hydroxylation is 1. The van der Waals surface area contributed by atoms with Crippen LogP contribution in [-0.4, -0.2) is 10.1 Å². The van der Waals surface area contributed by atoms with Crippen LogP contribution in [0, 0.1) is 13.8 Å². The summed E-state index contributed by atoms with van der Waals surface area (Å²) in [6, 6.07) is 7.57. The first-order chi connectivity index (χ1) is 9.52. The zero-order valence-corrected chi connectivity index (χ0v) is 11.7. The molecule has 0 aliphatic carbocycles. The van der Waals surface area contributed by atoms with Crippen LogP contribution in [0.2, 0.25) is 0 Å². The highest BCUT2D eigenvalue weighted by Gasteiger charge is 2.12. The number of hydrogen-bond donors (Lipinski definition) is 4. The van der Waals surface area contributed by atoms with Crippen LogP contribution in [-0.2, 0) is 6.54 Å². The van der Waals surface area contributed by atoms with Crippen LogP contribution in [0.25, 0.3) is 0 Å². The summed E-state index contributed by atoms with van der Waals surface area (Å²) in [5.74, 6) is 0.456. The topological polar surface area (TPSA) is 97.2 Å². The van der Waals surface area contributed by atoms with Crippen LogP contribution in [0.4, 0.5) is 11.5 Å². The van der Waals surface area contributed by atoms with Crippen molar-refractivity contribution in [3.63, 3.8) is 0 Å². The van der Waals surface area contributed by atoms with Crippen molar-refractivity contribution in [1.29, 1.82) is 0 Å². The van der Waals surface area contributed by atoms with Crippen molar-refractivity contribution in [2.75, 3.05) is 11.1 Å². The third-order valence-electron chi connectivity index (χ3n) is 3.40. The number of anilines is 2. The monoisotopic (exact) mass is 272 g/mol. The smallest absolute Gasteiger partial charge is 0.151 e. The van der Waals surface area contributed by atoms with Gasteiger partial charge in [0.05, 0.1) is 0 Å². The van der Waals surface area contributed by atoms with Gasteiger partial charge in [0.15, 0.2) is 6.23 Å². The number of rotatable bonds is 4. The molecule has 0 saturated heterocycles. The Morgan fingerprint density at radius 2 is 2.05 bits per heavy atom. The van der Waals surface area contributed by atoms with Crippen LogP contribution >= 0.6 is 0 Å². The zero-order chi connectivity index (χ0) is 14.7. The Balaban J connectivity index is 2.24. The van der Waals surface area contributed by atoms with Crippen molar-refractivity contribution in [2.24, 2.45) is 5.73 Å². The summed E-state index contributed by atoms with van der Waals surface area (Å²) < 4.78 is 0. The first kappa shape index (κ1) is 14.3. The number of aliphatic hydroxyl groups is 1. The largest absolute Gasteiger partial charge is 0.383 e. The lowest BCUT2D eigenvalue weighted by molar-refractivity contribution is 0.207. The van der Waals surface area contributed by atoms with E-state index in [0.29, 0.717) is 12.4 Å². The highest BCUT2D eigenvalue weighted by atomic mass is 16.3. The molecule has 0 amide bonds. The van der Waals surface area contributed by atoms with E-state index in [1.807, 2.05) is 32.0 Å². The molecule has 0 radical (unpaired) electrons. The molecular weight excluding hydrogens is 252 g/mol. The van der Waals surface area contributed by atoms with Crippen LogP contribution in [0.15, 0.2) is 30.5 Å². The SMILES string of the molecule is Cc1cc(CN)ccc1C(O)Nc1ccnc(N)c1C. The van der Waals surface area contributed by atoms with Gasteiger partial charge >= 0.3 is 0 Å². The van der Waals surface area contributed by atoms with E-state index in [9.17, 15) is 5.11 Å². The van der Waals surface area contributed by atoms with Crippen molar-refractivity contribution in [1.82, 2.24) is 4.98 Å². The van der Waals surface area contributed by atoms with Crippen molar-refractivity contribution in [2.45, 2.75) is 26.6 Å². The molecule has 20 heavy (non-hydrogen) atoms. The minimum absolute atomic E-state index is 0.456. The van der Waals surface area contributed by atoms with Gasteiger partial charge in [0.1, 0.15) is 5.82 Å². The molecule has 1 heterocycles. The molecular formula is C15H20N4O. The molecule has 106 valence electrons. The van der Waals surface area contributed by atoms with E-state index in [0.717, 1.165) is 27.9 Å². The molecule has 1 unspecified atom stereocenters. The Kier molecular flexibility index (Phi) is 4.22. The third-order valence-corrected chi connectivity index (χ3v) is 3.40. The Bertz CT molecular complexity index is 613. The lowest BCUT2D eigenvalue weighted by Crippen LogP contribution is -2.13. The van der Waals surface area contributed by atoms with Gasteiger partial charge in [0.25, 0.3) is 0 Å². The minimum Gasteiger partial charge on any atom is -0.383 e. The van der Waals surface area contributed by atoms with E-state index >= 15 is 0 Å². The highest BCUT2D eigenvalue weighted by molar-refractivity contribution is 5.59. The molecule has 0 spiro atoms. The average Bonchev–Trinajstić information content (AvgIpc) is 2.43. The predicted octanol–water partition coefficient (Wildman–Crippen LogP) is 1.84. The van der Waals surface area contributed by atoms with Gasteiger partial charge in [0, 0.05) is 29.6 Å². The number of nitrogens with two attached hydrogens (primary N) is 2. The van der Waals surface area contributed by atoms with Gasteiger partial charge in [-0.15, -0.1) is 0 Å². The summed E-state index contributed by atoms with van der Waals surface area (Å²) in [4.78, 5) is 4.00. The molecule has 1 aromatic carbocycles. The molecule has 5 heteroatoms. The van der Waals surface area contributed by atoms with Crippen molar-refractivity contribution in [3.8, 4) is 0 Å². The highest BCUT2D eigenvalue weighted by Crippen LogP contribution is 2.25. The number of aliphatic hydroxyl groups excluding tert-OH is 1. The second-order valence-corrected chi connectivity index (χ2v) is 4.81. The molecule has 6 N–H and O–H groups in total. The van der Waals surface area contributed by atoms with E-state index in [1.54, 1.807) is 12.3 Å². The summed E-state index contributed by atoms with van der Waals surface area (Å²) in [6.07, 6.45) is 0.809. The molecule has 0 aliphatic rings. The van der Waals surface area contributed by atoms with Gasteiger partial charge < -0.3 is 21.9 Å². The van der Waals surface area contributed by atoms with Crippen molar-refractivity contribution < 1.29 is 5.11 Å². The summed E-state index contributed by atoms with van der Waals surface area (Å²) in [6.45, 7) is 4.31. The van der Waals surface area contributed by atoms with Gasteiger partial charge in [0.2, 0.25) is 0 Å². The average molecular weight is 272 g/mol. The van der Waals surface area contributed by atoms with Crippen LogP contribution in [0.1, 0.15) is 28.5 Å². The number of nitrogen functional groups attached to an aromatic ring is 1. The molecule has 2 aromatic rings. The Morgan fingerprint density at radius 3 is 2.70 bits per heavy atom. The van der Waals surface area contributed by atoms with E-state index in [1.165, 1.54) is 0 Å². The van der Waals surface area contributed by atoms with Crippen LogP contribution in [0.5, 0.6) is 0 Å². The number of hydrogen-bond acceptors (Lipinski definition) is 5. The van der Waals surface area contributed by atoms with Crippen LogP contribution < -0.4 is 16.8 Å². The number of pyridine rings is 1. The van der Waals surface area contributed by atoms with Gasteiger partial charge in [-0.1, -0.05) is 18.2 Å². The molecule has 0 fully saturated rings. The normalized spacial score (nSPS) is 12.2. The lowest BCUT2D eigenvalue weighted by Gasteiger charge is -2.19. The first-order valence-corrected chi connectivity index (χ1v) is 6.48.